The molecule has 0 fully saturated rings. The molecule has 0 saturated heterocycles. The van der Waals surface area contributed by atoms with E-state index in [2.05, 4.69) is 0 Å². The summed E-state index contributed by atoms with van der Waals surface area (Å²) < 4.78 is 33.8. The van der Waals surface area contributed by atoms with Crippen LogP contribution in [0, 0.1) is 0 Å². The van der Waals surface area contributed by atoms with E-state index in [-0.39, 0.29) is 73.0 Å². The maximum atomic E-state index is 13.8. The molecule has 0 aromatic heterocycles. The molecule has 0 saturated carbocycles. The highest BCUT2D eigenvalue weighted by atomic mass is 16.6. The number of unbranched alkanes of at least 4 members (excludes halogenated alkanes) is 6. The quantitative estimate of drug-likeness (QED) is 0.0285. The van der Waals surface area contributed by atoms with E-state index < -0.39 is 35.8 Å². The summed E-state index contributed by atoms with van der Waals surface area (Å²) >= 11 is 0. The zero-order chi connectivity index (χ0) is 43.6. The highest BCUT2D eigenvalue weighted by Crippen LogP contribution is 2.40. The second-order valence-corrected chi connectivity index (χ2v) is 14.8. The van der Waals surface area contributed by atoms with E-state index in [0.717, 1.165) is 38.5 Å². The Morgan fingerprint density at radius 1 is 0.283 bits per heavy atom. The second kappa shape index (κ2) is 23.9. The lowest BCUT2D eigenvalue weighted by molar-refractivity contribution is 0.0452. The Morgan fingerprint density at radius 2 is 0.417 bits per heavy atom. The van der Waals surface area contributed by atoms with Crippen LogP contribution in [-0.2, 0) is 28.4 Å². The van der Waals surface area contributed by atoms with Crippen LogP contribution in [0.3, 0.4) is 0 Å². The van der Waals surface area contributed by atoms with Crippen molar-refractivity contribution in [2.24, 2.45) is 0 Å². The fraction of sp³-hybridized carbons (Fsp3) is 0.500. The number of benzene rings is 4. The third-order valence-corrected chi connectivity index (χ3v) is 10.0. The highest BCUT2D eigenvalue weighted by molar-refractivity contribution is 6.30. The first-order valence-electron chi connectivity index (χ1n) is 21.6. The van der Waals surface area contributed by atoms with Gasteiger partial charge in [0.1, 0.15) is 0 Å². The standard InChI is InChI=1S/C48H60O12/c1-7-13-19-55-43(49)37-25-31-32(26-38(37)44(50)56-20-14-8-2)34-28-40(46(52)58-22-16-10-4)42(48(54)60-24-18-12-6)30-36(34)35-29-41(47(53)59-23-17-11-5)39(27-33(31)35)45(51)57-21-15-9-3/h25-30H,7-24H2,1-6H3. The molecule has 0 aliphatic heterocycles. The van der Waals surface area contributed by atoms with Gasteiger partial charge in [0.05, 0.1) is 73.0 Å². The van der Waals surface area contributed by atoms with Crippen LogP contribution in [0.1, 0.15) is 181 Å². The number of carbonyl (C=O) groups excluding carboxylic acids is 6. The predicted molar refractivity (Wildman–Crippen MR) is 230 cm³/mol. The number of hydrogen-bond donors (Lipinski definition) is 0. The molecule has 0 radical (unpaired) electrons. The Balaban J connectivity index is 2.22. The van der Waals surface area contributed by atoms with Crippen molar-refractivity contribution in [1.82, 2.24) is 0 Å². The van der Waals surface area contributed by atoms with Gasteiger partial charge in [0.2, 0.25) is 0 Å². The first-order valence-corrected chi connectivity index (χ1v) is 21.6. The fourth-order valence-electron chi connectivity index (χ4n) is 6.47. The minimum atomic E-state index is -0.748. The number of fused-ring (bicyclic) bond motifs is 6. The van der Waals surface area contributed by atoms with Gasteiger partial charge in [-0.2, -0.15) is 0 Å². The van der Waals surface area contributed by atoms with Crippen LogP contribution in [0.25, 0.3) is 32.3 Å². The Bertz CT molecular complexity index is 1750. The van der Waals surface area contributed by atoms with Crippen molar-refractivity contribution >= 4 is 68.1 Å². The van der Waals surface area contributed by atoms with Gasteiger partial charge in [0.25, 0.3) is 0 Å². The van der Waals surface area contributed by atoms with Crippen molar-refractivity contribution in [3.05, 3.63) is 69.8 Å². The molecule has 4 aromatic carbocycles. The minimum absolute atomic E-state index is 0.0637. The molecule has 12 heteroatoms. The Labute approximate surface area is 352 Å². The summed E-state index contributed by atoms with van der Waals surface area (Å²) in [6.45, 7) is 12.5. The van der Waals surface area contributed by atoms with E-state index in [4.69, 9.17) is 28.4 Å². The summed E-state index contributed by atoms with van der Waals surface area (Å²) in [6, 6.07) is 9.08. The Hall–Kier alpha value is -5.52. The summed E-state index contributed by atoms with van der Waals surface area (Å²) in [6.07, 6.45) is 8.22. The van der Waals surface area contributed by atoms with Gasteiger partial charge in [0.15, 0.2) is 0 Å². The number of carbonyl (C=O) groups is 6. The molecule has 60 heavy (non-hydrogen) atoms. The summed E-state index contributed by atoms with van der Waals surface area (Å²) in [4.78, 5) is 83.0. The van der Waals surface area contributed by atoms with Gasteiger partial charge >= 0.3 is 35.8 Å². The second-order valence-electron chi connectivity index (χ2n) is 14.8. The smallest absolute Gasteiger partial charge is 0.339 e. The SMILES string of the molecule is CCCCOC(=O)c1cc2c3cc(C(=O)OCCCC)c(C(=O)OCCCC)cc3c3cc(C(=O)OCCCC)c(C(=O)OCCCC)cc3c2cc1C(=O)OCCCC. The number of hydrogen-bond acceptors (Lipinski definition) is 12. The van der Waals surface area contributed by atoms with Crippen molar-refractivity contribution in [2.75, 3.05) is 39.6 Å². The molecule has 12 nitrogen and oxygen atoms in total. The molecule has 0 aliphatic carbocycles. The maximum absolute atomic E-state index is 13.8. The zero-order valence-corrected chi connectivity index (χ0v) is 36.1. The molecule has 324 valence electrons. The lowest BCUT2D eigenvalue weighted by Crippen LogP contribution is -2.17. The van der Waals surface area contributed by atoms with Crippen molar-refractivity contribution in [3.8, 4) is 0 Å². The van der Waals surface area contributed by atoms with E-state index in [9.17, 15) is 28.8 Å². The van der Waals surface area contributed by atoms with Crippen LogP contribution in [0.2, 0.25) is 0 Å². The first kappa shape index (κ1) is 47.2. The molecule has 0 aliphatic rings. The van der Waals surface area contributed by atoms with Gasteiger partial charge in [-0.25, -0.2) is 28.8 Å². The molecule has 0 amide bonds. The molecule has 0 spiro atoms. The molecule has 0 heterocycles. The molecular weight excluding hydrogens is 769 g/mol. The molecule has 0 N–H and O–H groups in total. The molecule has 0 atom stereocenters. The lowest BCUT2D eigenvalue weighted by atomic mass is 9.87. The van der Waals surface area contributed by atoms with E-state index >= 15 is 0 Å². The molecule has 4 aromatic rings. The van der Waals surface area contributed by atoms with Crippen molar-refractivity contribution < 1.29 is 57.2 Å². The number of rotatable bonds is 24. The van der Waals surface area contributed by atoms with Crippen molar-refractivity contribution in [3.63, 3.8) is 0 Å². The van der Waals surface area contributed by atoms with E-state index in [1.807, 2.05) is 41.5 Å². The first-order chi connectivity index (χ1) is 29.1. The third kappa shape index (κ3) is 11.8. The van der Waals surface area contributed by atoms with Gasteiger partial charge in [-0.15, -0.1) is 0 Å². The topological polar surface area (TPSA) is 158 Å². The highest BCUT2D eigenvalue weighted by Gasteiger charge is 2.29. The van der Waals surface area contributed by atoms with Crippen LogP contribution in [0.4, 0.5) is 0 Å². The summed E-state index contributed by atoms with van der Waals surface area (Å²) in [5.74, 6) is -4.49. The van der Waals surface area contributed by atoms with Crippen LogP contribution in [0.15, 0.2) is 36.4 Å². The lowest BCUT2D eigenvalue weighted by Gasteiger charge is -2.19. The zero-order valence-electron chi connectivity index (χ0n) is 36.1. The molecular formula is C48H60O12. The third-order valence-electron chi connectivity index (χ3n) is 10.0. The maximum Gasteiger partial charge on any atom is 0.339 e. The van der Waals surface area contributed by atoms with E-state index in [1.54, 1.807) is 0 Å². The van der Waals surface area contributed by atoms with Gasteiger partial charge in [-0.1, -0.05) is 80.1 Å². The monoisotopic (exact) mass is 828 g/mol. The molecule has 4 rings (SSSR count). The minimum Gasteiger partial charge on any atom is -0.462 e. The number of ether oxygens (including phenoxy) is 6. The summed E-state index contributed by atoms with van der Waals surface area (Å²) in [7, 11) is 0. The van der Waals surface area contributed by atoms with Crippen LogP contribution in [0.5, 0.6) is 0 Å². The van der Waals surface area contributed by atoms with Crippen molar-refractivity contribution in [2.45, 2.75) is 119 Å². The fourth-order valence-corrected chi connectivity index (χ4v) is 6.47. The van der Waals surface area contributed by atoms with Gasteiger partial charge in [-0.05, 0) is 107 Å². The van der Waals surface area contributed by atoms with Gasteiger partial charge in [-0.3, -0.25) is 0 Å². The normalized spacial score (nSPS) is 11.1. The van der Waals surface area contributed by atoms with Crippen LogP contribution >= 0.6 is 0 Å². The molecule has 0 bridgehead atoms. The van der Waals surface area contributed by atoms with E-state index in [1.165, 1.54) is 36.4 Å². The van der Waals surface area contributed by atoms with Crippen LogP contribution in [-0.4, -0.2) is 75.5 Å². The van der Waals surface area contributed by atoms with E-state index in [0.29, 0.717) is 70.8 Å². The average Bonchev–Trinajstić information content (AvgIpc) is 3.25. The number of esters is 6. The Kier molecular flexibility index (Phi) is 18.8. The van der Waals surface area contributed by atoms with Crippen molar-refractivity contribution in [1.29, 1.82) is 0 Å². The predicted octanol–water partition coefficient (Wildman–Crippen LogP) is 10.9. The summed E-state index contributed by atoms with van der Waals surface area (Å²) in [5.41, 5.74) is -0.382. The average molecular weight is 829 g/mol. The Morgan fingerprint density at radius 3 is 0.533 bits per heavy atom. The van der Waals surface area contributed by atoms with Gasteiger partial charge < -0.3 is 28.4 Å². The largest absolute Gasteiger partial charge is 0.462 e. The van der Waals surface area contributed by atoms with Gasteiger partial charge in [0, 0.05) is 0 Å². The van der Waals surface area contributed by atoms with Crippen LogP contribution < -0.4 is 0 Å². The molecule has 0 unspecified atom stereocenters. The summed E-state index contributed by atoms with van der Waals surface area (Å²) in [5, 5.41) is 2.35.